The minimum atomic E-state index is -0.160. The van der Waals surface area contributed by atoms with Crippen LogP contribution in [-0.2, 0) is 9.53 Å². The minimum absolute atomic E-state index is 0.145. The van der Waals surface area contributed by atoms with Gasteiger partial charge in [-0.05, 0) is 43.4 Å². The highest BCUT2D eigenvalue weighted by Gasteiger charge is 2.31. The number of esters is 1. The van der Waals surface area contributed by atoms with Crippen LogP contribution in [0, 0.1) is 5.92 Å². The van der Waals surface area contributed by atoms with Crippen molar-refractivity contribution in [1.82, 2.24) is 0 Å². The lowest BCUT2D eigenvalue weighted by molar-refractivity contribution is -0.137. The van der Waals surface area contributed by atoms with Crippen molar-refractivity contribution in [2.45, 2.75) is 43.9 Å². The molecule has 1 aliphatic rings. The normalized spacial score (nSPS) is 19.2. The van der Waals surface area contributed by atoms with E-state index in [1.54, 1.807) is 11.8 Å². The molecule has 0 aliphatic carbocycles. The number of carbonyl (C=O) groups is 1. The summed E-state index contributed by atoms with van der Waals surface area (Å²) in [6.07, 6.45) is 2.04. The molecule has 2 rings (SSSR count). The van der Waals surface area contributed by atoms with Gasteiger partial charge in [-0.15, -0.1) is 0 Å². The van der Waals surface area contributed by atoms with Crippen molar-refractivity contribution in [2.75, 3.05) is 0 Å². The van der Waals surface area contributed by atoms with Crippen LogP contribution in [0.5, 0.6) is 0 Å². The SMILES string of the molecule is CC1=C(CCC(C)C)C(Sc2ccccc2)OC1=O. The summed E-state index contributed by atoms with van der Waals surface area (Å²) in [6.45, 7) is 6.28. The second-order valence-corrected chi connectivity index (χ2v) is 6.39. The molecule has 0 amide bonds. The summed E-state index contributed by atoms with van der Waals surface area (Å²) < 4.78 is 5.47. The fourth-order valence-electron chi connectivity index (χ4n) is 2.03. The Morgan fingerprint density at radius 1 is 1.26 bits per heavy atom. The van der Waals surface area contributed by atoms with E-state index in [1.807, 2.05) is 37.3 Å². The van der Waals surface area contributed by atoms with Crippen LogP contribution in [0.3, 0.4) is 0 Å². The Morgan fingerprint density at radius 3 is 2.58 bits per heavy atom. The average Bonchev–Trinajstić information content (AvgIpc) is 2.64. The first-order valence-electron chi connectivity index (χ1n) is 6.70. The van der Waals surface area contributed by atoms with Gasteiger partial charge in [-0.3, -0.25) is 0 Å². The molecule has 0 bridgehead atoms. The molecule has 0 spiro atoms. The van der Waals surface area contributed by atoms with E-state index in [0.717, 1.165) is 28.9 Å². The molecule has 1 unspecified atom stereocenters. The molecule has 1 aliphatic heterocycles. The first-order chi connectivity index (χ1) is 9.08. The third-order valence-corrected chi connectivity index (χ3v) is 4.40. The number of carbonyl (C=O) groups excluding carboxylic acids is 1. The molecular formula is C16H20O2S. The zero-order valence-electron chi connectivity index (χ0n) is 11.7. The molecule has 0 radical (unpaired) electrons. The van der Waals surface area contributed by atoms with Crippen molar-refractivity contribution in [3.63, 3.8) is 0 Å². The van der Waals surface area contributed by atoms with Crippen molar-refractivity contribution in [3.05, 3.63) is 41.5 Å². The van der Waals surface area contributed by atoms with Crippen molar-refractivity contribution >= 4 is 17.7 Å². The van der Waals surface area contributed by atoms with Gasteiger partial charge in [0.25, 0.3) is 0 Å². The summed E-state index contributed by atoms with van der Waals surface area (Å²) in [5, 5.41) is 0. The van der Waals surface area contributed by atoms with Crippen molar-refractivity contribution in [1.29, 1.82) is 0 Å². The number of hydrogen-bond donors (Lipinski definition) is 0. The summed E-state index contributed by atoms with van der Waals surface area (Å²) in [6, 6.07) is 10.1. The Kier molecular flexibility index (Phi) is 4.70. The predicted octanol–water partition coefficient (Wildman–Crippen LogP) is 4.41. The van der Waals surface area contributed by atoms with Crippen LogP contribution in [0.2, 0.25) is 0 Å². The first-order valence-corrected chi connectivity index (χ1v) is 7.58. The zero-order chi connectivity index (χ0) is 13.8. The summed E-state index contributed by atoms with van der Waals surface area (Å²) in [5.41, 5.74) is 1.82. The fourth-order valence-corrected chi connectivity index (χ4v) is 3.17. The topological polar surface area (TPSA) is 26.3 Å². The lowest BCUT2D eigenvalue weighted by Gasteiger charge is -2.14. The van der Waals surface area contributed by atoms with E-state index in [4.69, 9.17) is 4.74 Å². The van der Waals surface area contributed by atoms with Gasteiger partial charge in [0.1, 0.15) is 0 Å². The van der Waals surface area contributed by atoms with Crippen LogP contribution in [0.15, 0.2) is 46.4 Å². The maximum Gasteiger partial charge on any atom is 0.335 e. The van der Waals surface area contributed by atoms with Crippen LogP contribution in [0.1, 0.15) is 33.6 Å². The average molecular weight is 276 g/mol. The molecule has 0 N–H and O–H groups in total. The van der Waals surface area contributed by atoms with Crippen LogP contribution in [0.25, 0.3) is 0 Å². The molecule has 0 saturated heterocycles. The highest BCUT2D eigenvalue weighted by Crippen LogP contribution is 2.37. The Hall–Kier alpha value is -1.22. The fraction of sp³-hybridized carbons (Fsp3) is 0.438. The van der Waals surface area contributed by atoms with Crippen molar-refractivity contribution < 1.29 is 9.53 Å². The lowest BCUT2D eigenvalue weighted by Crippen LogP contribution is -2.07. The molecule has 19 heavy (non-hydrogen) atoms. The summed E-state index contributed by atoms with van der Waals surface area (Å²) >= 11 is 1.62. The lowest BCUT2D eigenvalue weighted by atomic mass is 10.0. The van der Waals surface area contributed by atoms with Gasteiger partial charge in [0.15, 0.2) is 5.44 Å². The van der Waals surface area contributed by atoms with E-state index in [9.17, 15) is 4.79 Å². The highest BCUT2D eigenvalue weighted by atomic mass is 32.2. The van der Waals surface area contributed by atoms with Gasteiger partial charge >= 0.3 is 5.97 Å². The monoisotopic (exact) mass is 276 g/mol. The minimum Gasteiger partial charge on any atom is -0.443 e. The molecule has 0 aromatic heterocycles. The van der Waals surface area contributed by atoms with E-state index in [-0.39, 0.29) is 11.4 Å². The van der Waals surface area contributed by atoms with Gasteiger partial charge in [-0.2, -0.15) is 0 Å². The van der Waals surface area contributed by atoms with Gasteiger partial charge < -0.3 is 4.74 Å². The predicted molar refractivity (Wildman–Crippen MR) is 79.0 cm³/mol. The molecule has 0 fully saturated rings. The third kappa shape index (κ3) is 3.63. The molecule has 1 atom stereocenters. The summed E-state index contributed by atoms with van der Waals surface area (Å²) in [4.78, 5) is 12.9. The number of hydrogen-bond acceptors (Lipinski definition) is 3. The van der Waals surface area contributed by atoms with Gasteiger partial charge in [-0.25, -0.2) is 4.79 Å². The zero-order valence-corrected chi connectivity index (χ0v) is 12.5. The van der Waals surface area contributed by atoms with Crippen molar-refractivity contribution in [2.24, 2.45) is 5.92 Å². The number of thioether (sulfide) groups is 1. The quantitative estimate of drug-likeness (QED) is 0.745. The van der Waals surface area contributed by atoms with E-state index in [0.29, 0.717) is 5.92 Å². The molecule has 1 aromatic carbocycles. The Bertz CT molecular complexity index is 477. The van der Waals surface area contributed by atoms with Crippen LogP contribution >= 0.6 is 11.8 Å². The third-order valence-electron chi connectivity index (χ3n) is 3.26. The van der Waals surface area contributed by atoms with Crippen molar-refractivity contribution in [3.8, 4) is 0 Å². The second-order valence-electron chi connectivity index (χ2n) is 5.25. The highest BCUT2D eigenvalue weighted by molar-refractivity contribution is 8.00. The van der Waals surface area contributed by atoms with Crippen LogP contribution < -0.4 is 0 Å². The Morgan fingerprint density at radius 2 is 1.95 bits per heavy atom. The standard InChI is InChI=1S/C16H20O2S/c1-11(2)9-10-14-12(3)15(17)18-16(14)19-13-7-5-4-6-8-13/h4-8,11,16H,9-10H2,1-3H3. The summed E-state index contributed by atoms with van der Waals surface area (Å²) in [5.74, 6) is 0.477. The Labute approximate surface area is 119 Å². The molecule has 1 aromatic rings. The Balaban J connectivity index is 2.09. The smallest absolute Gasteiger partial charge is 0.335 e. The second kappa shape index (κ2) is 6.29. The molecule has 2 nitrogen and oxygen atoms in total. The number of ether oxygens (including phenoxy) is 1. The van der Waals surface area contributed by atoms with E-state index >= 15 is 0 Å². The molecule has 102 valence electrons. The first kappa shape index (κ1) is 14.2. The molecular weight excluding hydrogens is 256 g/mol. The number of rotatable bonds is 5. The number of benzene rings is 1. The molecule has 1 heterocycles. The van der Waals surface area contributed by atoms with Crippen LogP contribution in [0.4, 0.5) is 0 Å². The van der Waals surface area contributed by atoms with Gasteiger partial charge in [-0.1, -0.05) is 43.8 Å². The van der Waals surface area contributed by atoms with E-state index in [1.165, 1.54) is 0 Å². The van der Waals surface area contributed by atoms with Gasteiger partial charge in [0.05, 0.1) is 0 Å². The van der Waals surface area contributed by atoms with E-state index < -0.39 is 0 Å². The maximum atomic E-state index is 11.7. The summed E-state index contributed by atoms with van der Waals surface area (Å²) in [7, 11) is 0. The number of cyclic esters (lactones) is 1. The molecule has 3 heteroatoms. The largest absolute Gasteiger partial charge is 0.443 e. The van der Waals surface area contributed by atoms with Gasteiger partial charge in [0, 0.05) is 10.5 Å². The van der Waals surface area contributed by atoms with Crippen LogP contribution in [-0.4, -0.2) is 11.4 Å². The van der Waals surface area contributed by atoms with Gasteiger partial charge in [0.2, 0.25) is 0 Å². The maximum absolute atomic E-state index is 11.7. The van der Waals surface area contributed by atoms with E-state index in [2.05, 4.69) is 13.8 Å². The molecule has 0 saturated carbocycles.